The average Bonchev–Trinajstić information content (AvgIpc) is 2.62. The fourth-order valence-corrected chi connectivity index (χ4v) is 3.01. The Labute approximate surface area is 154 Å². The van der Waals surface area contributed by atoms with Gasteiger partial charge in [-0.05, 0) is 36.4 Å². The lowest BCUT2D eigenvalue weighted by molar-refractivity contribution is -0.384. The summed E-state index contributed by atoms with van der Waals surface area (Å²) in [4.78, 5) is 35.2. The lowest BCUT2D eigenvalue weighted by Crippen LogP contribution is -2.21. The summed E-state index contributed by atoms with van der Waals surface area (Å²) >= 11 is 1.52. The number of carbonyl (C=O) groups is 2. The summed E-state index contributed by atoms with van der Waals surface area (Å²) in [6.45, 7) is 3.18. The van der Waals surface area contributed by atoms with Crippen molar-refractivity contribution in [1.29, 1.82) is 0 Å². The molecule has 0 aliphatic heterocycles. The van der Waals surface area contributed by atoms with E-state index in [0.29, 0.717) is 16.8 Å². The van der Waals surface area contributed by atoms with E-state index < -0.39 is 23.4 Å². The summed E-state index contributed by atoms with van der Waals surface area (Å²) in [7, 11) is 0. The van der Waals surface area contributed by atoms with Crippen LogP contribution in [0.3, 0.4) is 0 Å². The molecule has 26 heavy (non-hydrogen) atoms. The molecular formula is C18H18N2O5S. The van der Waals surface area contributed by atoms with Gasteiger partial charge in [0.25, 0.3) is 11.6 Å². The standard InChI is InChI=1S/C18H18N2O5S/c1-3-26-16-7-5-4-6-14(16)18(22)25-11-17(21)19-15-9-8-13(20(23)24)10-12(15)2/h4-10H,3,11H2,1-2H3,(H,19,21). The summed E-state index contributed by atoms with van der Waals surface area (Å²) in [6.07, 6.45) is 0. The Bertz CT molecular complexity index is 838. The molecule has 0 saturated carbocycles. The van der Waals surface area contributed by atoms with Gasteiger partial charge in [0.05, 0.1) is 10.5 Å². The Morgan fingerprint density at radius 3 is 2.62 bits per heavy atom. The molecule has 1 N–H and O–H groups in total. The molecule has 8 heteroatoms. The number of esters is 1. The quantitative estimate of drug-likeness (QED) is 0.342. The lowest BCUT2D eigenvalue weighted by Gasteiger charge is -2.10. The number of rotatable bonds is 7. The van der Waals surface area contributed by atoms with Crippen LogP contribution in [0, 0.1) is 17.0 Å². The van der Waals surface area contributed by atoms with Crippen LogP contribution in [0.4, 0.5) is 11.4 Å². The molecule has 2 aromatic rings. The van der Waals surface area contributed by atoms with Crippen LogP contribution in [0.5, 0.6) is 0 Å². The highest BCUT2D eigenvalue weighted by atomic mass is 32.2. The molecule has 2 aromatic carbocycles. The third-order valence-electron chi connectivity index (χ3n) is 3.44. The Morgan fingerprint density at radius 2 is 1.96 bits per heavy atom. The number of aryl methyl sites for hydroxylation is 1. The van der Waals surface area contributed by atoms with Gasteiger partial charge in [-0.2, -0.15) is 0 Å². The van der Waals surface area contributed by atoms with E-state index in [9.17, 15) is 19.7 Å². The number of nitro groups is 1. The van der Waals surface area contributed by atoms with Crippen molar-refractivity contribution in [3.63, 3.8) is 0 Å². The zero-order valence-electron chi connectivity index (χ0n) is 14.4. The largest absolute Gasteiger partial charge is 0.452 e. The van der Waals surface area contributed by atoms with Gasteiger partial charge >= 0.3 is 5.97 Å². The number of nitrogens with one attached hydrogen (secondary N) is 1. The van der Waals surface area contributed by atoms with E-state index in [-0.39, 0.29) is 5.69 Å². The predicted octanol–water partition coefficient (Wildman–Crippen LogP) is 3.81. The van der Waals surface area contributed by atoms with Gasteiger partial charge in [0, 0.05) is 22.7 Å². The summed E-state index contributed by atoms with van der Waals surface area (Å²) in [6, 6.07) is 11.1. The Kier molecular flexibility index (Phi) is 6.74. The highest BCUT2D eigenvalue weighted by Gasteiger charge is 2.15. The van der Waals surface area contributed by atoms with Gasteiger partial charge in [-0.1, -0.05) is 19.1 Å². The Balaban J connectivity index is 1.97. The molecule has 0 aliphatic rings. The van der Waals surface area contributed by atoms with Crippen LogP contribution in [-0.2, 0) is 9.53 Å². The molecule has 0 aromatic heterocycles. The van der Waals surface area contributed by atoms with Crippen LogP contribution in [0.25, 0.3) is 0 Å². The highest BCUT2D eigenvalue weighted by molar-refractivity contribution is 7.99. The van der Waals surface area contributed by atoms with E-state index in [1.807, 2.05) is 19.1 Å². The first-order valence-corrected chi connectivity index (χ1v) is 8.84. The number of hydrogen-bond donors (Lipinski definition) is 1. The van der Waals surface area contributed by atoms with E-state index in [0.717, 1.165) is 10.6 Å². The number of benzene rings is 2. The van der Waals surface area contributed by atoms with Gasteiger partial charge < -0.3 is 10.1 Å². The normalized spacial score (nSPS) is 10.2. The maximum absolute atomic E-state index is 12.2. The molecule has 0 bridgehead atoms. The summed E-state index contributed by atoms with van der Waals surface area (Å²) in [5, 5.41) is 13.3. The third-order valence-corrected chi connectivity index (χ3v) is 4.39. The number of nitro benzene ring substituents is 1. The van der Waals surface area contributed by atoms with Gasteiger partial charge in [-0.25, -0.2) is 4.79 Å². The zero-order valence-corrected chi connectivity index (χ0v) is 15.2. The second kappa shape index (κ2) is 9.00. The van der Waals surface area contributed by atoms with Crippen LogP contribution < -0.4 is 5.32 Å². The number of hydrogen-bond acceptors (Lipinski definition) is 6. The predicted molar refractivity (Wildman–Crippen MR) is 99.6 cm³/mol. The van der Waals surface area contributed by atoms with Crippen molar-refractivity contribution < 1.29 is 19.2 Å². The minimum Gasteiger partial charge on any atom is -0.452 e. The van der Waals surface area contributed by atoms with Crippen LogP contribution in [0.1, 0.15) is 22.8 Å². The second-order valence-corrected chi connectivity index (χ2v) is 6.62. The van der Waals surface area contributed by atoms with E-state index in [1.54, 1.807) is 19.1 Å². The number of non-ortho nitro benzene ring substituents is 1. The number of carbonyl (C=O) groups excluding carboxylic acids is 2. The fraction of sp³-hybridized carbons (Fsp3) is 0.222. The first kappa shape index (κ1) is 19.5. The third kappa shape index (κ3) is 5.06. The molecule has 2 rings (SSSR count). The van der Waals surface area contributed by atoms with Crippen molar-refractivity contribution in [2.24, 2.45) is 0 Å². The van der Waals surface area contributed by atoms with Gasteiger partial charge in [0.1, 0.15) is 0 Å². The van der Waals surface area contributed by atoms with E-state index in [1.165, 1.54) is 30.0 Å². The number of thioether (sulfide) groups is 1. The van der Waals surface area contributed by atoms with Crippen LogP contribution in [-0.4, -0.2) is 29.2 Å². The minimum absolute atomic E-state index is 0.0584. The molecule has 0 spiro atoms. The van der Waals surface area contributed by atoms with Crippen LogP contribution in [0.15, 0.2) is 47.4 Å². The van der Waals surface area contributed by atoms with Gasteiger partial charge in [0.15, 0.2) is 6.61 Å². The van der Waals surface area contributed by atoms with Gasteiger partial charge in [-0.3, -0.25) is 14.9 Å². The Morgan fingerprint density at radius 1 is 1.23 bits per heavy atom. The molecule has 7 nitrogen and oxygen atoms in total. The number of nitrogens with zero attached hydrogens (tertiary/aromatic N) is 1. The van der Waals surface area contributed by atoms with Crippen molar-refractivity contribution in [3.05, 3.63) is 63.7 Å². The molecule has 0 heterocycles. The molecule has 0 aliphatic carbocycles. The lowest BCUT2D eigenvalue weighted by atomic mass is 10.2. The molecular weight excluding hydrogens is 356 g/mol. The number of anilines is 1. The topological polar surface area (TPSA) is 98.5 Å². The zero-order chi connectivity index (χ0) is 19.1. The molecule has 0 saturated heterocycles. The van der Waals surface area contributed by atoms with Crippen molar-refractivity contribution >= 4 is 35.0 Å². The van der Waals surface area contributed by atoms with Crippen LogP contribution >= 0.6 is 11.8 Å². The SMILES string of the molecule is CCSc1ccccc1C(=O)OCC(=O)Nc1ccc([N+](=O)[O-])cc1C. The van der Waals surface area contributed by atoms with Crippen molar-refractivity contribution in [1.82, 2.24) is 0 Å². The average molecular weight is 374 g/mol. The number of ether oxygens (including phenoxy) is 1. The van der Waals surface area contributed by atoms with Crippen molar-refractivity contribution in [2.75, 3.05) is 17.7 Å². The fourth-order valence-electron chi connectivity index (χ4n) is 2.21. The minimum atomic E-state index is -0.572. The van der Waals surface area contributed by atoms with Crippen molar-refractivity contribution in [3.8, 4) is 0 Å². The van der Waals surface area contributed by atoms with E-state index in [4.69, 9.17) is 4.74 Å². The molecule has 0 radical (unpaired) electrons. The first-order valence-electron chi connectivity index (χ1n) is 7.86. The van der Waals surface area contributed by atoms with Crippen LogP contribution in [0.2, 0.25) is 0 Å². The molecule has 0 unspecified atom stereocenters. The molecule has 0 atom stereocenters. The maximum atomic E-state index is 12.2. The van der Waals surface area contributed by atoms with Gasteiger partial charge in [0.2, 0.25) is 0 Å². The maximum Gasteiger partial charge on any atom is 0.339 e. The summed E-state index contributed by atoms with van der Waals surface area (Å²) in [5.74, 6) is -0.280. The summed E-state index contributed by atoms with van der Waals surface area (Å²) in [5.41, 5.74) is 1.33. The van der Waals surface area contributed by atoms with E-state index >= 15 is 0 Å². The highest BCUT2D eigenvalue weighted by Crippen LogP contribution is 2.23. The van der Waals surface area contributed by atoms with Gasteiger partial charge in [-0.15, -0.1) is 11.8 Å². The second-order valence-electron chi connectivity index (χ2n) is 5.31. The number of amides is 1. The smallest absolute Gasteiger partial charge is 0.339 e. The molecule has 0 fully saturated rings. The van der Waals surface area contributed by atoms with E-state index in [2.05, 4.69) is 5.32 Å². The summed E-state index contributed by atoms with van der Waals surface area (Å²) < 4.78 is 5.08. The van der Waals surface area contributed by atoms with Crippen molar-refractivity contribution in [2.45, 2.75) is 18.7 Å². The monoisotopic (exact) mass is 374 g/mol. The first-order chi connectivity index (χ1) is 12.4. The molecule has 136 valence electrons. The Hall–Kier alpha value is -2.87. The molecule has 1 amide bonds.